The highest BCUT2D eigenvalue weighted by molar-refractivity contribution is 7.80. The smallest absolute Gasteiger partial charge is 0.123 e. The molecule has 2 rings (SSSR count). The predicted molar refractivity (Wildman–Crippen MR) is 66.3 cm³/mol. The normalized spacial score (nSPS) is 19.5. The summed E-state index contributed by atoms with van der Waals surface area (Å²) in [6.07, 6.45) is 1.00. The zero-order chi connectivity index (χ0) is 12.3. The molecule has 1 aromatic rings. The number of hydrogen-bond donors (Lipinski definition) is 1. The van der Waals surface area contributed by atoms with Crippen molar-refractivity contribution in [3.8, 4) is 0 Å². The van der Waals surface area contributed by atoms with E-state index in [1.165, 1.54) is 12.1 Å². The van der Waals surface area contributed by atoms with Crippen molar-refractivity contribution in [1.82, 2.24) is 0 Å². The largest absolute Gasteiger partial charge is 0.389 e. The highest BCUT2D eigenvalue weighted by atomic mass is 32.1. The fourth-order valence-electron chi connectivity index (χ4n) is 1.76. The van der Waals surface area contributed by atoms with Crippen LogP contribution in [0.15, 0.2) is 18.2 Å². The van der Waals surface area contributed by atoms with Crippen LogP contribution in [0.2, 0.25) is 0 Å². The van der Waals surface area contributed by atoms with Crippen molar-refractivity contribution in [3.63, 3.8) is 0 Å². The molecule has 92 valence electrons. The van der Waals surface area contributed by atoms with E-state index < -0.39 is 0 Å². The highest BCUT2D eigenvalue weighted by Gasteiger charge is 2.17. The van der Waals surface area contributed by atoms with Crippen LogP contribution in [0, 0.1) is 5.82 Å². The molecule has 1 aliphatic rings. The van der Waals surface area contributed by atoms with E-state index in [0.29, 0.717) is 18.8 Å². The molecular weight excluding hydrogens is 241 g/mol. The minimum Gasteiger partial charge on any atom is -0.389 e. The van der Waals surface area contributed by atoms with E-state index >= 15 is 0 Å². The van der Waals surface area contributed by atoms with E-state index in [1.54, 1.807) is 6.07 Å². The molecule has 1 atom stereocenters. The third-order valence-corrected chi connectivity index (χ3v) is 2.92. The molecular formula is C12H14FNO2S. The SMILES string of the molecule is NC(=S)c1cc(F)ccc1COC1CCOC1. The van der Waals surface area contributed by atoms with Crippen molar-refractivity contribution < 1.29 is 13.9 Å². The number of ether oxygens (including phenoxy) is 2. The summed E-state index contributed by atoms with van der Waals surface area (Å²) in [5.74, 6) is -0.347. The van der Waals surface area contributed by atoms with E-state index in [1.807, 2.05) is 0 Å². The quantitative estimate of drug-likeness (QED) is 0.833. The molecule has 0 aromatic heterocycles. The Morgan fingerprint density at radius 1 is 1.59 bits per heavy atom. The van der Waals surface area contributed by atoms with Crippen LogP contribution in [0.5, 0.6) is 0 Å². The molecule has 1 aliphatic heterocycles. The molecule has 1 fully saturated rings. The average Bonchev–Trinajstić information content (AvgIpc) is 2.80. The molecule has 1 saturated heterocycles. The second-order valence-corrected chi connectivity index (χ2v) is 4.40. The third-order valence-electron chi connectivity index (χ3n) is 2.70. The zero-order valence-electron chi connectivity index (χ0n) is 9.32. The maximum atomic E-state index is 13.1. The van der Waals surface area contributed by atoms with Crippen LogP contribution in [0.3, 0.4) is 0 Å². The monoisotopic (exact) mass is 255 g/mol. The van der Waals surface area contributed by atoms with E-state index in [4.69, 9.17) is 27.4 Å². The second-order valence-electron chi connectivity index (χ2n) is 3.96. The fourth-order valence-corrected chi connectivity index (χ4v) is 1.95. The molecule has 1 unspecified atom stereocenters. The highest BCUT2D eigenvalue weighted by Crippen LogP contribution is 2.16. The summed E-state index contributed by atoms with van der Waals surface area (Å²) in [4.78, 5) is 0.186. The van der Waals surface area contributed by atoms with Crippen LogP contribution < -0.4 is 5.73 Å². The minimum atomic E-state index is -0.347. The van der Waals surface area contributed by atoms with Gasteiger partial charge < -0.3 is 15.2 Å². The van der Waals surface area contributed by atoms with Gasteiger partial charge in [0, 0.05) is 12.2 Å². The van der Waals surface area contributed by atoms with Crippen LogP contribution in [-0.2, 0) is 16.1 Å². The summed E-state index contributed by atoms with van der Waals surface area (Å²) in [5.41, 5.74) is 6.90. The topological polar surface area (TPSA) is 44.5 Å². The van der Waals surface area contributed by atoms with E-state index in [9.17, 15) is 4.39 Å². The number of halogens is 1. The van der Waals surface area contributed by atoms with Gasteiger partial charge in [-0.15, -0.1) is 0 Å². The molecule has 5 heteroatoms. The van der Waals surface area contributed by atoms with Crippen molar-refractivity contribution in [2.75, 3.05) is 13.2 Å². The standard InChI is InChI=1S/C12H14FNO2S/c13-9-2-1-8(11(5-9)12(14)17)6-16-10-3-4-15-7-10/h1-2,5,10H,3-4,6-7H2,(H2,14,17). The molecule has 1 heterocycles. The first kappa shape index (κ1) is 12.4. The van der Waals surface area contributed by atoms with Crippen molar-refractivity contribution in [3.05, 3.63) is 35.1 Å². The summed E-state index contributed by atoms with van der Waals surface area (Å²) < 4.78 is 23.9. The van der Waals surface area contributed by atoms with Gasteiger partial charge in [0.05, 0.1) is 19.3 Å². The number of thiocarbonyl (C=S) groups is 1. The van der Waals surface area contributed by atoms with Crippen LogP contribution >= 0.6 is 12.2 Å². The Bertz CT molecular complexity index is 419. The summed E-state index contributed by atoms with van der Waals surface area (Å²) in [6, 6.07) is 4.37. The van der Waals surface area contributed by atoms with Gasteiger partial charge in [-0.3, -0.25) is 0 Å². The Morgan fingerprint density at radius 2 is 2.41 bits per heavy atom. The molecule has 0 amide bonds. The Labute approximate surface area is 105 Å². The van der Waals surface area contributed by atoms with Gasteiger partial charge in [-0.1, -0.05) is 18.3 Å². The Morgan fingerprint density at radius 3 is 3.06 bits per heavy atom. The van der Waals surface area contributed by atoms with Gasteiger partial charge in [-0.05, 0) is 24.1 Å². The van der Waals surface area contributed by atoms with Crippen molar-refractivity contribution in [2.24, 2.45) is 5.73 Å². The van der Waals surface area contributed by atoms with Crippen LogP contribution in [0.4, 0.5) is 4.39 Å². The molecule has 3 nitrogen and oxygen atoms in total. The van der Waals surface area contributed by atoms with Crippen LogP contribution in [0.1, 0.15) is 17.5 Å². The van der Waals surface area contributed by atoms with E-state index in [-0.39, 0.29) is 16.9 Å². The van der Waals surface area contributed by atoms with Crippen molar-refractivity contribution in [2.45, 2.75) is 19.1 Å². The first-order chi connectivity index (χ1) is 8.16. The summed E-state index contributed by atoms with van der Waals surface area (Å²) in [5, 5.41) is 0. The van der Waals surface area contributed by atoms with Gasteiger partial charge in [0.25, 0.3) is 0 Å². The Kier molecular flexibility index (Phi) is 4.04. The summed E-state index contributed by atoms with van der Waals surface area (Å²) in [7, 11) is 0. The predicted octanol–water partition coefficient (Wildman–Crippen LogP) is 1.77. The maximum Gasteiger partial charge on any atom is 0.123 e. The maximum absolute atomic E-state index is 13.1. The first-order valence-electron chi connectivity index (χ1n) is 5.44. The van der Waals surface area contributed by atoms with Gasteiger partial charge in [-0.25, -0.2) is 4.39 Å². The van der Waals surface area contributed by atoms with E-state index in [2.05, 4.69) is 0 Å². The number of rotatable bonds is 4. The third kappa shape index (κ3) is 3.21. The molecule has 2 N–H and O–H groups in total. The lowest BCUT2D eigenvalue weighted by Gasteiger charge is -2.12. The van der Waals surface area contributed by atoms with Crippen molar-refractivity contribution in [1.29, 1.82) is 0 Å². The van der Waals surface area contributed by atoms with Gasteiger partial charge in [0.1, 0.15) is 10.8 Å². The molecule has 17 heavy (non-hydrogen) atoms. The second kappa shape index (κ2) is 5.53. The molecule has 1 aromatic carbocycles. The lowest BCUT2D eigenvalue weighted by molar-refractivity contribution is 0.0317. The Hall–Kier alpha value is -1.04. The van der Waals surface area contributed by atoms with E-state index in [0.717, 1.165) is 18.6 Å². The number of hydrogen-bond acceptors (Lipinski definition) is 3. The lowest BCUT2D eigenvalue weighted by atomic mass is 10.1. The summed E-state index contributed by atoms with van der Waals surface area (Å²) in [6.45, 7) is 1.72. The Balaban J connectivity index is 2.06. The van der Waals surface area contributed by atoms with Crippen LogP contribution in [0.25, 0.3) is 0 Å². The van der Waals surface area contributed by atoms with Gasteiger partial charge in [0.15, 0.2) is 0 Å². The summed E-state index contributed by atoms with van der Waals surface area (Å²) >= 11 is 4.89. The van der Waals surface area contributed by atoms with Crippen molar-refractivity contribution >= 4 is 17.2 Å². The fraction of sp³-hybridized carbons (Fsp3) is 0.417. The molecule has 0 bridgehead atoms. The molecule has 0 radical (unpaired) electrons. The molecule has 0 spiro atoms. The average molecular weight is 255 g/mol. The van der Waals surface area contributed by atoms with Crippen LogP contribution in [-0.4, -0.2) is 24.3 Å². The molecule has 0 aliphatic carbocycles. The number of benzene rings is 1. The minimum absolute atomic E-state index is 0.110. The number of nitrogens with two attached hydrogens (primary N) is 1. The lowest BCUT2D eigenvalue weighted by Crippen LogP contribution is -2.16. The zero-order valence-corrected chi connectivity index (χ0v) is 10.1. The van der Waals surface area contributed by atoms with Gasteiger partial charge in [0.2, 0.25) is 0 Å². The first-order valence-corrected chi connectivity index (χ1v) is 5.85. The van der Waals surface area contributed by atoms with Gasteiger partial charge >= 0.3 is 0 Å². The molecule has 0 saturated carbocycles. The van der Waals surface area contributed by atoms with Gasteiger partial charge in [-0.2, -0.15) is 0 Å².